The molecule has 0 amide bonds. The number of aliphatic imine (C=N–C) groups is 1. The fourth-order valence-corrected chi connectivity index (χ4v) is 9.92. The van der Waals surface area contributed by atoms with Crippen LogP contribution < -0.4 is 15.5 Å². The molecule has 1 heterocycles. The van der Waals surface area contributed by atoms with Gasteiger partial charge in [-0.2, -0.15) is 0 Å². The SMILES string of the molecule is C#CC.C/C=C\C.C=C/C=c1/c2c(s/c1=C/CC(N)=N/C(C)=C/C/C=C(\C=C)C(C(/C=C\C=C/C)=C/C)(c1ccccc1)c1ccccc1C)CC=CC=C2.CC.CC.CCC1C=CC=C(C2=C/CC/C=C/C=C\2)CC1. The smallest absolute Gasteiger partial charge is 0.103 e. The van der Waals surface area contributed by atoms with Crippen LogP contribution in [0.1, 0.15) is 148 Å². The largest absolute Gasteiger partial charge is 0.387 e. The molecule has 2 nitrogen and oxygen atoms in total. The lowest BCUT2D eigenvalue weighted by Crippen LogP contribution is -2.32. The van der Waals surface area contributed by atoms with Crippen molar-refractivity contribution in [3.05, 3.63) is 266 Å². The summed E-state index contributed by atoms with van der Waals surface area (Å²) in [5.74, 6) is 3.60. The summed E-state index contributed by atoms with van der Waals surface area (Å²) in [6.07, 6.45) is 66.8. The molecule has 0 aliphatic heterocycles. The number of aryl methyl sites for hydroxylation is 1. The zero-order valence-electron chi connectivity index (χ0n) is 48.8. The van der Waals surface area contributed by atoms with Gasteiger partial charge in [0.15, 0.2) is 0 Å². The number of allylic oxidation sites excluding steroid dienone is 27. The van der Waals surface area contributed by atoms with Crippen molar-refractivity contribution in [1.29, 1.82) is 0 Å². The van der Waals surface area contributed by atoms with Gasteiger partial charge >= 0.3 is 0 Å². The van der Waals surface area contributed by atoms with Crippen LogP contribution in [-0.2, 0) is 11.8 Å². The van der Waals surface area contributed by atoms with E-state index in [2.05, 4.69) is 222 Å². The molecule has 1 aromatic heterocycles. The van der Waals surface area contributed by atoms with E-state index in [1.54, 1.807) is 6.92 Å². The minimum Gasteiger partial charge on any atom is -0.387 e. The highest BCUT2D eigenvalue weighted by Gasteiger charge is 2.40. The lowest BCUT2D eigenvalue weighted by Gasteiger charge is -2.39. The Bertz CT molecular complexity index is 2810. The fourth-order valence-electron chi connectivity index (χ4n) is 8.73. The number of nitrogens with two attached hydrogens (primary N) is 1. The predicted molar refractivity (Wildman–Crippen MR) is 347 cm³/mol. The average Bonchev–Trinajstić information content (AvgIpc) is 3.62. The Morgan fingerprint density at radius 2 is 1.54 bits per heavy atom. The lowest BCUT2D eigenvalue weighted by atomic mass is 9.62. The number of fused-ring (bicyclic) bond motifs is 1. The van der Waals surface area contributed by atoms with Gasteiger partial charge in [0.25, 0.3) is 0 Å². The fraction of sp³-hybridized carbons (Fsp3) is 0.301. The first kappa shape index (κ1) is 67.0. The molecule has 0 fully saturated rings. The van der Waals surface area contributed by atoms with Crippen molar-refractivity contribution < 1.29 is 0 Å². The van der Waals surface area contributed by atoms with Crippen LogP contribution >= 0.6 is 11.3 Å². The molecule has 6 rings (SSSR count). The van der Waals surface area contributed by atoms with Crippen LogP contribution in [0.25, 0.3) is 18.2 Å². The number of benzene rings is 2. The van der Waals surface area contributed by atoms with E-state index in [0.717, 1.165) is 36.5 Å². The zero-order valence-corrected chi connectivity index (χ0v) is 49.6. The van der Waals surface area contributed by atoms with Crippen molar-refractivity contribution in [2.24, 2.45) is 16.6 Å². The molecule has 2 unspecified atom stereocenters. The highest BCUT2D eigenvalue weighted by molar-refractivity contribution is 7.10. The van der Waals surface area contributed by atoms with E-state index in [-0.39, 0.29) is 0 Å². The Morgan fingerprint density at radius 3 is 2.18 bits per heavy atom. The van der Waals surface area contributed by atoms with Crippen molar-refractivity contribution in [3.63, 3.8) is 0 Å². The van der Waals surface area contributed by atoms with Gasteiger partial charge in [-0.25, -0.2) is 4.99 Å². The second-order valence-electron chi connectivity index (χ2n) is 17.4. The summed E-state index contributed by atoms with van der Waals surface area (Å²) < 4.78 is 1.20. The van der Waals surface area contributed by atoms with Gasteiger partial charge in [-0.3, -0.25) is 0 Å². The first-order valence-electron chi connectivity index (χ1n) is 27.7. The summed E-state index contributed by atoms with van der Waals surface area (Å²) in [6.45, 7) is 32.6. The van der Waals surface area contributed by atoms with Gasteiger partial charge in [-0.15, -0.1) is 23.7 Å². The molecule has 2 N–H and O–H groups in total. The molecule has 0 bridgehead atoms. The third-order valence-electron chi connectivity index (χ3n) is 12.4. The first-order chi connectivity index (χ1) is 37.1. The molecule has 2 aromatic carbocycles. The summed E-state index contributed by atoms with van der Waals surface area (Å²) in [4.78, 5) is 6.12. The molecule has 76 heavy (non-hydrogen) atoms. The molecule has 3 aliphatic rings. The van der Waals surface area contributed by atoms with E-state index < -0.39 is 5.41 Å². The Labute approximate surface area is 468 Å². The highest BCUT2D eigenvalue weighted by atomic mass is 32.1. The molecule has 0 saturated carbocycles. The van der Waals surface area contributed by atoms with Crippen molar-refractivity contribution in [2.45, 2.75) is 140 Å². The molecule has 2 atom stereocenters. The topological polar surface area (TPSA) is 38.4 Å². The summed E-state index contributed by atoms with van der Waals surface area (Å²) in [6, 6.07) is 19.4. The molecular weight excluding hydrogens is 937 g/mol. The van der Waals surface area contributed by atoms with Crippen LogP contribution in [0.15, 0.2) is 234 Å². The van der Waals surface area contributed by atoms with E-state index >= 15 is 0 Å². The van der Waals surface area contributed by atoms with Crippen molar-refractivity contribution in [1.82, 2.24) is 0 Å². The maximum absolute atomic E-state index is 6.48. The number of rotatable bonds is 15. The molecule has 0 saturated heterocycles. The molecule has 0 spiro atoms. The Hall–Kier alpha value is -6.99. The van der Waals surface area contributed by atoms with Gasteiger partial charge in [0.2, 0.25) is 0 Å². The van der Waals surface area contributed by atoms with E-state index in [4.69, 9.17) is 10.7 Å². The molecule has 3 aromatic rings. The highest BCUT2D eigenvalue weighted by Crippen LogP contribution is 2.48. The van der Waals surface area contributed by atoms with Gasteiger partial charge < -0.3 is 5.73 Å². The van der Waals surface area contributed by atoms with Crippen molar-refractivity contribution in [2.75, 3.05) is 0 Å². The molecule has 3 heteroatoms. The maximum Gasteiger partial charge on any atom is 0.103 e. The van der Waals surface area contributed by atoms with E-state index in [1.165, 1.54) is 72.9 Å². The van der Waals surface area contributed by atoms with Gasteiger partial charge in [-0.05, 0) is 143 Å². The second-order valence-corrected chi connectivity index (χ2v) is 18.5. The van der Waals surface area contributed by atoms with Crippen LogP contribution in [0, 0.1) is 25.2 Å². The minimum absolute atomic E-state index is 0.565. The van der Waals surface area contributed by atoms with Crippen LogP contribution in [0.5, 0.6) is 0 Å². The Kier molecular flexibility index (Phi) is 36.4. The normalized spacial score (nSPS) is 18.2. The minimum atomic E-state index is -0.565. The zero-order chi connectivity index (χ0) is 56.4. The lowest BCUT2D eigenvalue weighted by molar-refractivity contribution is 0.576. The first-order valence-corrected chi connectivity index (χ1v) is 28.5. The number of nitrogens with zero attached hydrogens (tertiary/aromatic N) is 1. The molecule has 0 radical (unpaired) electrons. The second kappa shape index (κ2) is 41.3. The number of hydrogen-bond donors (Lipinski definition) is 1. The monoisotopic (exact) mass is 1030 g/mol. The summed E-state index contributed by atoms with van der Waals surface area (Å²) in [5, 5.41) is 1.20. The summed E-state index contributed by atoms with van der Waals surface area (Å²) in [5.41, 5.74) is 16.9. The Balaban J connectivity index is 0.000000845. The van der Waals surface area contributed by atoms with Crippen LogP contribution in [0.3, 0.4) is 0 Å². The Morgan fingerprint density at radius 1 is 0.855 bits per heavy atom. The van der Waals surface area contributed by atoms with Crippen LogP contribution in [0.4, 0.5) is 0 Å². The molecule has 402 valence electrons. The van der Waals surface area contributed by atoms with E-state index in [0.29, 0.717) is 18.7 Å². The van der Waals surface area contributed by atoms with Crippen molar-refractivity contribution >= 4 is 35.4 Å². The average molecular weight is 1030 g/mol. The number of thiophene rings is 1. The van der Waals surface area contributed by atoms with Crippen LogP contribution in [-0.4, -0.2) is 5.84 Å². The number of terminal acetylenes is 1. The number of amidine groups is 1. The number of hydrogen-bond acceptors (Lipinski definition) is 2. The van der Waals surface area contributed by atoms with E-state index in [9.17, 15) is 0 Å². The summed E-state index contributed by atoms with van der Waals surface area (Å²) in [7, 11) is 0. The predicted octanol–water partition coefficient (Wildman–Crippen LogP) is 19.5. The third kappa shape index (κ3) is 22.1. The van der Waals surface area contributed by atoms with Gasteiger partial charge in [0, 0.05) is 27.9 Å². The summed E-state index contributed by atoms with van der Waals surface area (Å²) >= 11 is 1.81. The standard InChI is InChI=1S/C45H48N2S.C17H22.C4H8.C3H4.2C2H6/c1-7-11-14-25-36(9-3)45(38-26-15-12-16-27-38,41-30-20-19-23-34(41)5)37(10-4)28-21-24-35(6)47-44(46)33-32-43-39(22-8-2)40-29-17-13-18-31-42(40)48-43;1-2-15-9-8-12-17(14-13-15)16-10-6-4-3-5-7-11-16;1-3-4-2;1-3-2;2*1-2/h7-20,22-30,32H,2,4,21,31,33H2,1,3,5-6H3,(H2,46,47);3-4,6,8-12,15H,2,5,7,13-14H2,1H3;3-4H,1-2H3;1H,2H3;2*1-2H3/b11-7-,25-14-,35-24+,36-9+,37-28+,39-22-,43-32+;4-3+,10-6-,16-11+;4-3-;;;. The third-order valence-corrected chi connectivity index (χ3v) is 13.6. The van der Waals surface area contributed by atoms with Gasteiger partial charge in [0.1, 0.15) is 5.84 Å². The maximum atomic E-state index is 6.48. The van der Waals surface area contributed by atoms with Crippen molar-refractivity contribution in [3.8, 4) is 12.3 Å². The van der Waals surface area contributed by atoms with Crippen LogP contribution in [0.2, 0.25) is 0 Å². The van der Waals surface area contributed by atoms with Gasteiger partial charge in [-0.1, -0.05) is 254 Å². The van der Waals surface area contributed by atoms with E-state index in [1.807, 2.05) is 97.1 Å². The van der Waals surface area contributed by atoms with Gasteiger partial charge in [0.05, 0.1) is 5.41 Å². The molecule has 3 aliphatic carbocycles. The molecular formula is C73H94N2S. The quantitative estimate of drug-likeness (QED) is 0.0532.